The lowest BCUT2D eigenvalue weighted by Gasteiger charge is -2.13. The van der Waals surface area contributed by atoms with E-state index in [4.69, 9.17) is 9.66 Å². The number of hydrogen-bond donors (Lipinski definition) is 3. The Labute approximate surface area is 93.7 Å². The molecule has 0 bridgehead atoms. The summed E-state index contributed by atoms with van der Waals surface area (Å²) in [4.78, 5) is 10.1. The van der Waals surface area contributed by atoms with Gasteiger partial charge in [-0.1, -0.05) is 6.08 Å². The van der Waals surface area contributed by atoms with Crippen molar-refractivity contribution >= 4 is 16.1 Å². The van der Waals surface area contributed by atoms with E-state index in [1.807, 2.05) is 0 Å². The Kier molecular flexibility index (Phi) is 5.94. The molecular weight excluding hydrogens is 236 g/mol. The minimum absolute atomic E-state index is 0.0171. The van der Waals surface area contributed by atoms with Crippen LogP contribution in [-0.2, 0) is 14.9 Å². The number of carboxylic acid groups (broad SMARTS) is 1. The van der Waals surface area contributed by atoms with Crippen molar-refractivity contribution < 1.29 is 28.0 Å². The standard InChI is InChI=1S/C9H14O6S/c1-2-3-8(16(13,14)15)6-7(10)4-5-9(11)12/h2,4-5,7-8,10H,1,3,6H2,(H,11,12)(H,13,14,15). The largest absolute Gasteiger partial charge is 0.478 e. The molecule has 0 aromatic heterocycles. The van der Waals surface area contributed by atoms with E-state index in [2.05, 4.69) is 6.58 Å². The molecule has 0 aliphatic rings. The summed E-state index contributed by atoms with van der Waals surface area (Å²) in [5, 5.41) is 16.4. The van der Waals surface area contributed by atoms with Crippen molar-refractivity contribution in [2.75, 3.05) is 0 Å². The van der Waals surface area contributed by atoms with Crippen molar-refractivity contribution in [1.29, 1.82) is 0 Å². The third-order valence-corrected chi connectivity index (χ3v) is 3.04. The van der Waals surface area contributed by atoms with Gasteiger partial charge in [0.1, 0.15) is 0 Å². The molecule has 2 atom stereocenters. The second-order valence-electron chi connectivity index (χ2n) is 3.16. The number of aliphatic hydroxyl groups excluding tert-OH is 1. The summed E-state index contributed by atoms with van der Waals surface area (Å²) >= 11 is 0. The highest BCUT2D eigenvalue weighted by atomic mass is 32.2. The highest BCUT2D eigenvalue weighted by Crippen LogP contribution is 2.13. The smallest absolute Gasteiger partial charge is 0.328 e. The van der Waals surface area contributed by atoms with Gasteiger partial charge in [-0.3, -0.25) is 4.55 Å². The number of carboxylic acids is 1. The molecule has 16 heavy (non-hydrogen) atoms. The van der Waals surface area contributed by atoms with E-state index in [1.54, 1.807) is 0 Å². The SMILES string of the molecule is C=CCC(CC(O)C=CC(=O)O)S(=O)(=O)O. The summed E-state index contributed by atoms with van der Waals surface area (Å²) in [7, 11) is -4.27. The fourth-order valence-corrected chi connectivity index (χ4v) is 1.89. The van der Waals surface area contributed by atoms with Gasteiger partial charge >= 0.3 is 5.97 Å². The Morgan fingerprint density at radius 1 is 1.44 bits per heavy atom. The van der Waals surface area contributed by atoms with Crippen LogP contribution in [-0.4, -0.2) is 40.5 Å². The zero-order valence-corrected chi connectivity index (χ0v) is 9.30. The van der Waals surface area contributed by atoms with Crippen LogP contribution in [0.1, 0.15) is 12.8 Å². The molecule has 0 aromatic carbocycles. The van der Waals surface area contributed by atoms with E-state index >= 15 is 0 Å². The first-order valence-electron chi connectivity index (χ1n) is 4.43. The quantitative estimate of drug-likeness (QED) is 0.338. The Balaban J connectivity index is 4.52. The Bertz CT molecular complexity index is 369. The van der Waals surface area contributed by atoms with E-state index in [0.717, 1.165) is 6.08 Å². The number of aliphatic carboxylic acids is 1. The average molecular weight is 250 g/mol. The fraction of sp³-hybridized carbons (Fsp3) is 0.444. The van der Waals surface area contributed by atoms with Crippen LogP contribution in [0.15, 0.2) is 24.8 Å². The Hall–Kier alpha value is -1.18. The van der Waals surface area contributed by atoms with Crippen molar-refractivity contribution in [1.82, 2.24) is 0 Å². The first-order chi connectivity index (χ1) is 7.27. The second kappa shape index (κ2) is 6.41. The zero-order chi connectivity index (χ0) is 12.8. The summed E-state index contributed by atoms with van der Waals surface area (Å²) < 4.78 is 30.5. The van der Waals surface area contributed by atoms with Crippen LogP contribution in [0.3, 0.4) is 0 Å². The normalized spacial score (nSPS) is 15.9. The second-order valence-corrected chi connectivity index (χ2v) is 4.86. The molecule has 0 aromatic rings. The molecule has 92 valence electrons. The van der Waals surface area contributed by atoms with Gasteiger partial charge in [-0.25, -0.2) is 4.79 Å². The predicted molar refractivity (Wildman–Crippen MR) is 57.6 cm³/mol. The maximum absolute atomic E-state index is 10.9. The van der Waals surface area contributed by atoms with Crippen LogP contribution >= 0.6 is 0 Å². The van der Waals surface area contributed by atoms with E-state index < -0.39 is 27.4 Å². The maximum atomic E-state index is 10.9. The average Bonchev–Trinajstić information content (AvgIpc) is 2.12. The summed E-state index contributed by atoms with van der Waals surface area (Å²) in [5.41, 5.74) is 0. The molecule has 0 aliphatic carbocycles. The summed E-state index contributed by atoms with van der Waals surface area (Å²) in [6.45, 7) is 3.33. The van der Waals surface area contributed by atoms with Gasteiger partial charge in [0.05, 0.1) is 11.4 Å². The lowest BCUT2D eigenvalue weighted by Crippen LogP contribution is -2.24. The minimum atomic E-state index is -4.27. The number of allylic oxidation sites excluding steroid dienone is 1. The van der Waals surface area contributed by atoms with E-state index in [-0.39, 0.29) is 12.8 Å². The van der Waals surface area contributed by atoms with E-state index in [1.165, 1.54) is 6.08 Å². The van der Waals surface area contributed by atoms with Gasteiger partial charge in [0, 0.05) is 6.08 Å². The van der Waals surface area contributed by atoms with Crippen molar-refractivity contribution in [3.63, 3.8) is 0 Å². The zero-order valence-electron chi connectivity index (χ0n) is 8.48. The van der Waals surface area contributed by atoms with Crippen LogP contribution in [0.25, 0.3) is 0 Å². The first kappa shape index (κ1) is 14.8. The van der Waals surface area contributed by atoms with Gasteiger partial charge in [0.25, 0.3) is 10.1 Å². The molecule has 7 heteroatoms. The van der Waals surface area contributed by atoms with Crippen molar-refractivity contribution in [3.8, 4) is 0 Å². The third-order valence-electron chi connectivity index (χ3n) is 1.82. The summed E-state index contributed by atoms with van der Waals surface area (Å²) in [6.07, 6.45) is 1.41. The molecule has 0 aliphatic heterocycles. The van der Waals surface area contributed by atoms with Gasteiger partial charge in [-0.2, -0.15) is 8.42 Å². The van der Waals surface area contributed by atoms with Crippen molar-refractivity contribution in [2.24, 2.45) is 0 Å². The van der Waals surface area contributed by atoms with Crippen LogP contribution in [0.4, 0.5) is 0 Å². The van der Waals surface area contributed by atoms with Gasteiger partial charge in [0.15, 0.2) is 0 Å². The van der Waals surface area contributed by atoms with Crippen LogP contribution in [0, 0.1) is 0 Å². The van der Waals surface area contributed by atoms with Crippen LogP contribution in [0.5, 0.6) is 0 Å². The van der Waals surface area contributed by atoms with Crippen LogP contribution < -0.4 is 0 Å². The highest BCUT2D eigenvalue weighted by Gasteiger charge is 2.23. The van der Waals surface area contributed by atoms with E-state index in [9.17, 15) is 18.3 Å². The molecule has 0 spiro atoms. The number of carbonyl (C=O) groups is 1. The van der Waals surface area contributed by atoms with Gasteiger partial charge in [0.2, 0.25) is 0 Å². The molecule has 0 amide bonds. The topological polar surface area (TPSA) is 112 Å². The van der Waals surface area contributed by atoms with Crippen molar-refractivity contribution in [3.05, 3.63) is 24.8 Å². The number of rotatable bonds is 7. The predicted octanol–water partition coefficient (Wildman–Crippen LogP) is 0.211. The third kappa shape index (κ3) is 6.33. The number of hydrogen-bond acceptors (Lipinski definition) is 4. The molecule has 0 saturated carbocycles. The maximum Gasteiger partial charge on any atom is 0.328 e. The molecule has 0 heterocycles. The lowest BCUT2D eigenvalue weighted by atomic mass is 10.1. The van der Waals surface area contributed by atoms with Crippen molar-refractivity contribution in [2.45, 2.75) is 24.2 Å². The molecule has 3 N–H and O–H groups in total. The molecular formula is C9H14O6S. The fourth-order valence-electron chi connectivity index (χ4n) is 1.07. The first-order valence-corrected chi connectivity index (χ1v) is 5.94. The molecule has 0 saturated heterocycles. The minimum Gasteiger partial charge on any atom is -0.478 e. The van der Waals surface area contributed by atoms with E-state index in [0.29, 0.717) is 6.08 Å². The monoisotopic (exact) mass is 250 g/mol. The van der Waals surface area contributed by atoms with Gasteiger partial charge in [-0.05, 0) is 18.9 Å². The summed E-state index contributed by atoms with van der Waals surface area (Å²) in [6, 6.07) is 0. The highest BCUT2D eigenvalue weighted by molar-refractivity contribution is 7.86. The molecule has 0 fully saturated rings. The van der Waals surface area contributed by atoms with Gasteiger partial charge < -0.3 is 10.2 Å². The molecule has 6 nitrogen and oxygen atoms in total. The molecule has 2 unspecified atom stereocenters. The molecule has 0 radical (unpaired) electrons. The summed E-state index contributed by atoms with van der Waals surface area (Å²) in [5.74, 6) is -1.24. The van der Waals surface area contributed by atoms with Gasteiger partial charge in [-0.15, -0.1) is 6.58 Å². The Morgan fingerprint density at radius 2 is 2.00 bits per heavy atom. The molecule has 0 rings (SSSR count). The number of aliphatic hydroxyl groups is 1. The Morgan fingerprint density at radius 3 is 2.38 bits per heavy atom. The lowest BCUT2D eigenvalue weighted by molar-refractivity contribution is -0.131. The van der Waals surface area contributed by atoms with Crippen LogP contribution in [0.2, 0.25) is 0 Å².